The molecule has 0 aliphatic carbocycles. The maximum absolute atomic E-state index is 14.6. The fraction of sp³-hybridized carbons (Fsp3) is 0.389. The molecule has 158 valence electrons. The third-order valence-corrected chi connectivity index (χ3v) is 3.67. The minimum absolute atomic E-state index is 0.202. The smallest absolute Gasteiger partial charge is 0.433 e. The van der Waals surface area contributed by atoms with Gasteiger partial charge in [-0.25, -0.2) is 13.8 Å². The molecule has 6 nitrogen and oxygen atoms in total. The van der Waals surface area contributed by atoms with Gasteiger partial charge in [0.15, 0.2) is 5.69 Å². The molecule has 0 saturated heterocycles. The van der Waals surface area contributed by atoms with Gasteiger partial charge in [0.05, 0.1) is 28.5 Å². The van der Waals surface area contributed by atoms with Crippen molar-refractivity contribution in [3.05, 3.63) is 50.7 Å². The first-order valence-corrected chi connectivity index (χ1v) is 8.77. The molecule has 1 aromatic carbocycles. The van der Waals surface area contributed by atoms with Crippen LogP contribution in [0.1, 0.15) is 43.7 Å². The first-order chi connectivity index (χ1) is 13.3. The van der Waals surface area contributed by atoms with Crippen molar-refractivity contribution in [2.45, 2.75) is 46.1 Å². The number of carbonyl (C=O) groups excluding carboxylic acids is 1. The molecule has 0 amide bonds. The van der Waals surface area contributed by atoms with E-state index in [4.69, 9.17) is 21.1 Å². The monoisotopic (exact) mass is 436 g/mol. The van der Waals surface area contributed by atoms with Crippen LogP contribution in [0.25, 0.3) is 5.69 Å². The number of halogens is 5. The predicted octanol–water partition coefficient (Wildman–Crippen LogP) is 4.40. The molecule has 0 unspecified atom stereocenters. The van der Waals surface area contributed by atoms with Crippen LogP contribution in [0.5, 0.6) is 6.01 Å². The van der Waals surface area contributed by atoms with E-state index < -0.39 is 53.1 Å². The van der Waals surface area contributed by atoms with Gasteiger partial charge in [-0.15, -0.1) is 0 Å². The van der Waals surface area contributed by atoms with Crippen molar-refractivity contribution >= 4 is 17.6 Å². The molecule has 0 N–H and O–H groups in total. The summed E-state index contributed by atoms with van der Waals surface area (Å²) in [4.78, 5) is 27.9. The van der Waals surface area contributed by atoms with E-state index in [1.54, 1.807) is 13.8 Å². The van der Waals surface area contributed by atoms with Crippen LogP contribution in [-0.2, 0) is 10.9 Å². The minimum atomic E-state index is -4.92. The molecule has 11 heteroatoms. The highest BCUT2D eigenvalue weighted by atomic mass is 35.5. The summed E-state index contributed by atoms with van der Waals surface area (Å²) >= 11 is 5.89. The van der Waals surface area contributed by atoms with Gasteiger partial charge in [0.2, 0.25) is 0 Å². The van der Waals surface area contributed by atoms with Crippen LogP contribution in [0.15, 0.2) is 23.0 Å². The van der Waals surface area contributed by atoms with E-state index >= 15 is 0 Å². The van der Waals surface area contributed by atoms with E-state index in [0.717, 1.165) is 12.1 Å². The van der Waals surface area contributed by atoms with E-state index in [-0.39, 0.29) is 16.7 Å². The summed E-state index contributed by atoms with van der Waals surface area (Å²) in [5.74, 6) is -1.97. The zero-order valence-corrected chi connectivity index (χ0v) is 16.6. The maximum atomic E-state index is 14.6. The van der Waals surface area contributed by atoms with Crippen molar-refractivity contribution in [1.82, 2.24) is 9.55 Å². The molecule has 0 aliphatic rings. The number of alkyl halides is 3. The summed E-state index contributed by atoms with van der Waals surface area (Å²) in [5, 5.41) is -0.295. The van der Waals surface area contributed by atoms with Gasteiger partial charge < -0.3 is 9.47 Å². The standard InChI is InChI=1S/C18H17ClF4N2O4/c1-8(2)28-16(27)10-5-13(12(20)6-11(10)19)25-15(26)7-14(18(21,22)23)24-17(25)29-9(3)4/h5-9H,1-4H3. The Labute approximate surface area is 168 Å². The molecule has 0 atom stereocenters. The molecule has 0 bridgehead atoms. The summed E-state index contributed by atoms with van der Waals surface area (Å²) in [6, 6.07) is 1.06. The van der Waals surface area contributed by atoms with Gasteiger partial charge in [-0.3, -0.25) is 4.79 Å². The third kappa shape index (κ3) is 5.26. The third-order valence-electron chi connectivity index (χ3n) is 3.36. The Morgan fingerprint density at radius 2 is 1.76 bits per heavy atom. The Bertz CT molecular complexity index is 987. The number of carbonyl (C=O) groups is 1. The van der Waals surface area contributed by atoms with Crippen LogP contribution in [0, 0.1) is 5.82 Å². The second-order valence-corrected chi connectivity index (χ2v) is 6.91. The van der Waals surface area contributed by atoms with Gasteiger partial charge in [0.25, 0.3) is 5.56 Å². The van der Waals surface area contributed by atoms with Crippen molar-refractivity contribution in [3.63, 3.8) is 0 Å². The Hall–Kier alpha value is -2.62. The molecule has 0 radical (unpaired) electrons. The van der Waals surface area contributed by atoms with Gasteiger partial charge in [-0.2, -0.15) is 18.2 Å². The lowest BCUT2D eigenvalue weighted by atomic mass is 10.2. The molecule has 2 aromatic rings. The lowest BCUT2D eigenvalue weighted by molar-refractivity contribution is -0.141. The molecule has 1 aromatic heterocycles. The molecule has 2 rings (SSSR count). The number of hydrogen-bond acceptors (Lipinski definition) is 5. The van der Waals surface area contributed by atoms with Gasteiger partial charge in [-0.05, 0) is 39.8 Å². The maximum Gasteiger partial charge on any atom is 0.433 e. The van der Waals surface area contributed by atoms with Gasteiger partial charge in [-0.1, -0.05) is 11.6 Å². The minimum Gasteiger partial charge on any atom is -0.462 e. The van der Waals surface area contributed by atoms with E-state index in [2.05, 4.69) is 4.98 Å². The molecule has 0 spiro atoms. The molecular formula is C18H17ClF4N2O4. The summed E-state index contributed by atoms with van der Waals surface area (Å²) < 4.78 is 64.3. The Morgan fingerprint density at radius 1 is 1.14 bits per heavy atom. The number of hydrogen-bond donors (Lipinski definition) is 0. The highest BCUT2D eigenvalue weighted by Gasteiger charge is 2.35. The van der Waals surface area contributed by atoms with Crippen LogP contribution >= 0.6 is 11.6 Å². The van der Waals surface area contributed by atoms with Crippen molar-refractivity contribution in [2.75, 3.05) is 0 Å². The van der Waals surface area contributed by atoms with E-state index in [0.29, 0.717) is 4.57 Å². The lowest BCUT2D eigenvalue weighted by Crippen LogP contribution is -2.27. The van der Waals surface area contributed by atoms with Crippen LogP contribution in [-0.4, -0.2) is 27.7 Å². The first-order valence-electron chi connectivity index (χ1n) is 8.39. The number of aromatic nitrogens is 2. The summed E-state index contributed by atoms with van der Waals surface area (Å²) in [7, 11) is 0. The van der Waals surface area contributed by atoms with Gasteiger partial charge in [0, 0.05) is 6.07 Å². The normalized spacial score (nSPS) is 11.8. The van der Waals surface area contributed by atoms with Crippen molar-refractivity contribution in [3.8, 4) is 11.7 Å². The topological polar surface area (TPSA) is 70.4 Å². The van der Waals surface area contributed by atoms with Crippen LogP contribution in [0.3, 0.4) is 0 Å². The summed E-state index contributed by atoms with van der Waals surface area (Å²) in [5.41, 5.74) is -3.60. The Morgan fingerprint density at radius 3 is 2.28 bits per heavy atom. The van der Waals surface area contributed by atoms with E-state index in [9.17, 15) is 27.2 Å². The quantitative estimate of drug-likeness (QED) is 0.513. The molecule has 1 heterocycles. The van der Waals surface area contributed by atoms with Crippen molar-refractivity contribution in [2.24, 2.45) is 0 Å². The second kappa shape index (κ2) is 8.40. The van der Waals surface area contributed by atoms with E-state index in [1.807, 2.05) is 0 Å². The van der Waals surface area contributed by atoms with Crippen LogP contribution in [0.4, 0.5) is 17.6 Å². The fourth-order valence-corrected chi connectivity index (χ4v) is 2.49. The Balaban J connectivity index is 2.76. The average molecular weight is 437 g/mol. The molecule has 0 fully saturated rings. The fourth-order valence-electron chi connectivity index (χ4n) is 2.26. The first kappa shape index (κ1) is 22.7. The summed E-state index contributed by atoms with van der Waals surface area (Å²) in [6.07, 6.45) is -6.11. The number of esters is 1. The molecular weight excluding hydrogens is 420 g/mol. The number of nitrogens with zero attached hydrogens (tertiary/aromatic N) is 2. The molecule has 29 heavy (non-hydrogen) atoms. The van der Waals surface area contributed by atoms with Crippen molar-refractivity contribution < 1.29 is 31.8 Å². The SMILES string of the molecule is CC(C)OC(=O)c1cc(-n2c(OC(C)C)nc(C(F)(F)F)cc2=O)c(F)cc1Cl. The van der Waals surface area contributed by atoms with Crippen molar-refractivity contribution in [1.29, 1.82) is 0 Å². The summed E-state index contributed by atoms with van der Waals surface area (Å²) in [6.45, 7) is 6.13. The zero-order chi connectivity index (χ0) is 22.1. The van der Waals surface area contributed by atoms with Crippen LogP contribution in [0.2, 0.25) is 5.02 Å². The Kier molecular flexibility index (Phi) is 6.56. The van der Waals surface area contributed by atoms with Gasteiger partial charge in [0.1, 0.15) is 5.82 Å². The highest BCUT2D eigenvalue weighted by molar-refractivity contribution is 6.33. The average Bonchev–Trinajstić information content (AvgIpc) is 2.53. The second-order valence-electron chi connectivity index (χ2n) is 6.50. The van der Waals surface area contributed by atoms with Gasteiger partial charge >= 0.3 is 18.2 Å². The van der Waals surface area contributed by atoms with E-state index in [1.165, 1.54) is 13.8 Å². The molecule has 0 saturated carbocycles. The number of rotatable bonds is 5. The largest absolute Gasteiger partial charge is 0.462 e. The molecule has 0 aliphatic heterocycles. The number of ether oxygens (including phenoxy) is 2. The van der Waals surface area contributed by atoms with Crippen LogP contribution < -0.4 is 10.3 Å². The number of benzene rings is 1. The lowest BCUT2D eigenvalue weighted by Gasteiger charge is -2.18. The zero-order valence-electron chi connectivity index (χ0n) is 15.8. The predicted molar refractivity (Wildman–Crippen MR) is 96.1 cm³/mol. The highest BCUT2D eigenvalue weighted by Crippen LogP contribution is 2.30.